The van der Waals surface area contributed by atoms with Crippen molar-refractivity contribution in [2.45, 2.75) is 20.8 Å². The van der Waals surface area contributed by atoms with Gasteiger partial charge in [0.2, 0.25) is 0 Å². The fraction of sp³-hybridized carbons (Fsp3) is 0.353. The number of aromatic nitrogens is 1. The average molecular weight is 348 g/mol. The number of anilines is 1. The number of methoxy groups -OCH3 is 1. The number of rotatable bonds is 6. The van der Waals surface area contributed by atoms with Crippen molar-refractivity contribution >= 4 is 28.3 Å². The molecular formula is C17H20N2O4S. The molecule has 0 bridgehead atoms. The lowest BCUT2D eigenvalue weighted by molar-refractivity contribution is 0.0463. The molecular weight excluding hydrogens is 328 g/mol. The van der Waals surface area contributed by atoms with Gasteiger partial charge in [0, 0.05) is 5.56 Å². The van der Waals surface area contributed by atoms with E-state index in [9.17, 15) is 9.59 Å². The van der Waals surface area contributed by atoms with Crippen molar-refractivity contribution < 1.29 is 19.1 Å². The lowest BCUT2D eigenvalue weighted by Crippen LogP contribution is -2.11. The summed E-state index contributed by atoms with van der Waals surface area (Å²) in [5.41, 5.74) is 1.02. The highest BCUT2D eigenvalue weighted by atomic mass is 32.1. The van der Waals surface area contributed by atoms with Crippen LogP contribution in [0.2, 0.25) is 0 Å². The van der Waals surface area contributed by atoms with Gasteiger partial charge in [-0.05, 0) is 37.1 Å². The molecule has 7 heteroatoms. The Morgan fingerprint density at radius 3 is 2.50 bits per heavy atom. The van der Waals surface area contributed by atoms with E-state index in [-0.39, 0.29) is 11.8 Å². The van der Waals surface area contributed by atoms with Crippen molar-refractivity contribution in [1.29, 1.82) is 0 Å². The molecule has 0 fully saturated rings. The Hall–Kier alpha value is -2.41. The van der Waals surface area contributed by atoms with E-state index in [0.717, 1.165) is 11.3 Å². The van der Waals surface area contributed by atoms with Crippen molar-refractivity contribution in [3.8, 4) is 5.75 Å². The number of carbonyl (C=O) groups is 2. The molecule has 0 saturated carbocycles. The van der Waals surface area contributed by atoms with E-state index in [1.54, 1.807) is 38.3 Å². The monoisotopic (exact) mass is 348 g/mol. The maximum Gasteiger partial charge on any atom is 0.350 e. The molecule has 6 nitrogen and oxygen atoms in total. The molecule has 1 N–H and O–H groups in total. The van der Waals surface area contributed by atoms with Crippen LogP contribution in [0.3, 0.4) is 0 Å². The Morgan fingerprint density at radius 1 is 1.25 bits per heavy atom. The molecule has 0 aliphatic carbocycles. The van der Waals surface area contributed by atoms with Gasteiger partial charge in [0.15, 0.2) is 5.13 Å². The van der Waals surface area contributed by atoms with E-state index in [1.165, 1.54) is 0 Å². The van der Waals surface area contributed by atoms with Crippen molar-refractivity contribution in [1.82, 2.24) is 4.98 Å². The van der Waals surface area contributed by atoms with Gasteiger partial charge in [0.05, 0.1) is 19.4 Å². The van der Waals surface area contributed by atoms with E-state index in [2.05, 4.69) is 10.3 Å². The van der Waals surface area contributed by atoms with Crippen LogP contribution in [0.1, 0.15) is 39.6 Å². The summed E-state index contributed by atoms with van der Waals surface area (Å²) in [6.07, 6.45) is 0. The van der Waals surface area contributed by atoms with Crippen molar-refractivity contribution in [2.75, 3.05) is 19.0 Å². The first-order chi connectivity index (χ1) is 11.4. The molecule has 0 radical (unpaired) electrons. The summed E-state index contributed by atoms with van der Waals surface area (Å²) in [4.78, 5) is 28.9. The van der Waals surface area contributed by atoms with Gasteiger partial charge in [-0.3, -0.25) is 10.1 Å². The van der Waals surface area contributed by atoms with Crippen molar-refractivity contribution in [3.63, 3.8) is 0 Å². The fourth-order valence-electron chi connectivity index (χ4n) is 1.86. The molecule has 1 amide bonds. The minimum Gasteiger partial charge on any atom is -0.497 e. The highest BCUT2D eigenvalue weighted by Crippen LogP contribution is 2.24. The van der Waals surface area contributed by atoms with Crippen LogP contribution in [0.4, 0.5) is 5.13 Å². The number of esters is 1. The Balaban J connectivity index is 2.06. The molecule has 0 aliphatic heterocycles. The minimum atomic E-state index is -0.413. The number of ether oxygens (including phenoxy) is 2. The zero-order valence-corrected chi connectivity index (χ0v) is 14.9. The summed E-state index contributed by atoms with van der Waals surface area (Å²) in [6.45, 7) is 6.00. The highest BCUT2D eigenvalue weighted by molar-refractivity contribution is 7.17. The van der Waals surface area contributed by atoms with E-state index < -0.39 is 5.97 Å². The van der Waals surface area contributed by atoms with Gasteiger partial charge in [-0.15, -0.1) is 0 Å². The summed E-state index contributed by atoms with van der Waals surface area (Å²) >= 11 is 1.11. The molecule has 1 heterocycles. The SMILES string of the molecule is COc1ccc(C(=O)Nc2nc(C)c(C(=O)OCC(C)C)s2)cc1. The molecule has 0 unspecified atom stereocenters. The van der Waals surface area contributed by atoms with Gasteiger partial charge in [0.1, 0.15) is 10.6 Å². The topological polar surface area (TPSA) is 77.5 Å². The molecule has 0 saturated heterocycles. The number of amides is 1. The zero-order valence-electron chi connectivity index (χ0n) is 14.1. The van der Waals surface area contributed by atoms with E-state index in [0.29, 0.717) is 33.6 Å². The third-order valence-electron chi connectivity index (χ3n) is 3.10. The molecule has 2 aromatic rings. The summed E-state index contributed by atoms with van der Waals surface area (Å²) in [6, 6.07) is 6.73. The second-order valence-electron chi connectivity index (χ2n) is 5.61. The van der Waals surface area contributed by atoms with Crippen LogP contribution < -0.4 is 10.1 Å². The van der Waals surface area contributed by atoms with Gasteiger partial charge < -0.3 is 9.47 Å². The quantitative estimate of drug-likeness (QED) is 0.808. The smallest absolute Gasteiger partial charge is 0.350 e. The number of nitrogens with one attached hydrogen (secondary N) is 1. The second kappa shape index (κ2) is 7.92. The maximum absolute atomic E-state index is 12.2. The van der Waals surface area contributed by atoms with Gasteiger partial charge in [-0.25, -0.2) is 9.78 Å². The molecule has 128 valence electrons. The number of thiazole rings is 1. The Kier molecular flexibility index (Phi) is 5.92. The van der Waals surface area contributed by atoms with Crippen LogP contribution in [0.15, 0.2) is 24.3 Å². The number of aryl methyl sites for hydroxylation is 1. The van der Waals surface area contributed by atoms with Crippen LogP contribution in [0.5, 0.6) is 5.75 Å². The van der Waals surface area contributed by atoms with Gasteiger partial charge in [0.25, 0.3) is 5.91 Å². The summed E-state index contributed by atoms with van der Waals surface area (Å²) in [5, 5.41) is 3.06. The van der Waals surface area contributed by atoms with Crippen LogP contribution >= 0.6 is 11.3 Å². The maximum atomic E-state index is 12.2. The van der Waals surface area contributed by atoms with E-state index in [1.807, 2.05) is 13.8 Å². The molecule has 0 aliphatic rings. The highest BCUT2D eigenvalue weighted by Gasteiger charge is 2.18. The zero-order chi connectivity index (χ0) is 17.7. The molecule has 24 heavy (non-hydrogen) atoms. The number of hydrogen-bond acceptors (Lipinski definition) is 6. The predicted octanol–water partition coefficient (Wildman–Crippen LogP) is 3.53. The van der Waals surface area contributed by atoms with Gasteiger partial charge in [-0.2, -0.15) is 0 Å². The summed E-state index contributed by atoms with van der Waals surface area (Å²) in [7, 11) is 1.56. The molecule has 1 aromatic carbocycles. The standard InChI is InChI=1S/C17H20N2O4S/c1-10(2)9-23-16(21)14-11(3)18-17(24-14)19-15(20)12-5-7-13(22-4)8-6-12/h5-8,10H,9H2,1-4H3,(H,18,19,20). The summed E-state index contributed by atoms with van der Waals surface area (Å²) in [5.74, 6) is 0.223. The number of hydrogen-bond donors (Lipinski definition) is 1. The third-order valence-corrected chi connectivity index (χ3v) is 4.16. The largest absolute Gasteiger partial charge is 0.497 e. The van der Waals surface area contributed by atoms with Crippen molar-refractivity contribution in [3.05, 3.63) is 40.4 Å². The fourth-order valence-corrected chi connectivity index (χ4v) is 2.71. The lowest BCUT2D eigenvalue weighted by Gasteiger charge is -2.05. The van der Waals surface area contributed by atoms with Crippen LogP contribution in [0, 0.1) is 12.8 Å². The van der Waals surface area contributed by atoms with E-state index in [4.69, 9.17) is 9.47 Å². The molecule has 0 atom stereocenters. The third kappa shape index (κ3) is 4.55. The first-order valence-electron chi connectivity index (χ1n) is 7.50. The molecule has 1 aromatic heterocycles. The first kappa shape index (κ1) is 17.9. The number of carbonyl (C=O) groups excluding carboxylic acids is 2. The first-order valence-corrected chi connectivity index (χ1v) is 8.32. The van der Waals surface area contributed by atoms with Gasteiger partial charge in [-0.1, -0.05) is 25.2 Å². The normalized spacial score (nSPS) is 10.5. The lowest BCUT2D eigenvalue weighted by atomic mass is 10.2. The number of benzene rings is 1. The Morgan fingerprint density at radius 2 is 1.92 bits per heavy atom. The second-order valence-corrected chi connectivity index (χ2v) is 6.61. The Bertz CT molecular complexity index is 723. The summed E-state index contributed by atoms with van der Waals surface area (Å²) < 4.78 is 10.3. The van der Waals surface area contributed by atoms with E-state index >= 15 is 0 Å². The molecule has 0 spiro atoms. The van der Waals surface area contributed by atoms with Crippen molar-refractivity contribution in [2.24, 2.45) is 5.92 Å². The van der Waals surface area contributed by atoms with Crippen LogP contribution in [-0.4, -0.2) is 30.6 Å². The molecule has 2 rings (SSSR count). The minimum absolute atomic E-state index is 0.261. The van der Waals surface area contributed by atoms with Crippen LogP contribution in [0.25, 0.3) is 0 Å². The Labute approximate surface area is 144 Å². The van der Waals surface area contributed by atoms with Gasteiger partial charge >= 0.3 is 5.97 Å². The average Bonchev–Trinajstić information content (AvgIpc) is 2.93. The number of nitrogens with zero attached hydrogens (tertiary/aromatic N) is 1. The predicted molar refractivity (Wildman–Crippen MR) is 92.9 cm³/mol. The van der Waals surface area contributed by atoms with Crippen LogP contribution in [-0.2, 0) is 4.74 Å².